The lowest BCUT2D eigenvalue weighted by Crippen LogP contribution is -2.42. The molecule has 21 heavy (non-hydrogen) atoms. The van der Waals surface area contributed by atoms with E-state index >= 15 is 0 Å². The van der Waals surface area contributed by atoms with Crippen LogP contribution in [0.3, 0.4) is 0 Å². The van der Waals surface area contributed by atoms with Crippen molar-refractivity contribution >= 4 is 33.2 Å². The minimum Gasteiger partial charge on any atom is -0.383 e. The Bertz CT molecular complexity index is 673. The van der Waals surface area contributed by atoms with Gasteiger partial charge in [0.05, 0.1) is 12.1 Å². The van der Waals surface area contributed by atoms with E-state index in [-0.39, 0.29) is 12.5 Å². The molecule has 2 N–H and O–H groups in total. The van der Waals surface area contributed by atoms with Crippen molar-refractivity contribution in [2.24, 2.45) is 0 Å². The van der Waals surface area contributed by atoms with Gasteiger partial charge in [0.15, 0.2) is 0 Å². The molecule has 110 valence electrons. The van der Waals surface area contributed by atoms with Gasteiger partial charge < -0.3 is 10.4 Å². The fourth-order valence-corrected chi connectivity index (χ4v) is 4.05. The molecule has 1 unspecified atom stereocenters. The van der Waals surface area contributed by atoms with Crippen LogP contribution in [0, 0.1) is 0 Å². The Kier molecular flexibility index (Phi) is 4.10. The van der Waals surface area contributed by atoms with Crippen LogP contribution in [0.2, 0.25) is 0 Å². The smallest absolute Gasteiger partial charge is 0.252 e. The van der Waals surface area contributed by atoms with Crippen LogP contribution in [0.5, 0.6) is 0 Å². The molecule has 1 aliphatic rings. The van der Waals surface area contributed by atoms with Crippen LogP contribution >= 0.6 is 27.3 Å². The lowest BCUT2D eigenvalue weighted by molar-refractivity contribution is 0.0197. The minimum atomic E-state index is -0.956. The SMILES string of the molecule is O=C(NCC1(O)CCCc2sccc21)c1cncc(Br)c1. The normalized spacial score (nSPS) is 20.9. The van der Waals surface area contributed by atoms with E-state index in [9.17, 15) is 9.90 Å². The number of halogens is 1. The number of aromatic nitrogens is 1. The topological polar surface area (TPSA) is 62.2 Å². The third-order valence-electron chi connectivity index (χ3n) is 3.75. The molecule has 0 saturated heterocycles. The van der Waals surface area contributed by atoms with Crippen molar-refractivity contribution < 1.29 is 9.90 Å². The summed E-state index contributed by atoms with van der Waals surface area (Å²) >= 11 is 4.97. The molecule has 0 fully saturated rings. The molecular formula is C15H15BrN2O2S. The molecule has 0 saturated carbocycles. The molecule has 0 aliphatic heterocycles. The molecule has 0 radical (unpaired) electrons. The van der Waals surface area contributed by atoms with Crippen LogP contribution < -0.4 is 5.32 Å². The first-order valence-electron chi connectivity index (χ1n) is 6.76. The summed E-state index contributed by atoms with van der Waals surface area (Å²) in [6, 6.07) is 3.68. The van der Waals surface area contributed by atoms with Crippen LogP contribution in [-0.4, -0.2) is 22.5 Å². The maximum Gasteiger partial charge on any atom is 0.252 e. The number of hydrogen-bond donors (Lipinski definition) is 2. The first-order chi connectivity index (χ1) is 10.1. The summed E-state index contributed by atoms with van der Waals surface area (Å²) in [6.45, 7) is 0.224. The summed E-state index contributed by atoms with van der Waals surface area (Å²) in [6.07, 6.45) is 5.77. The molecule has 3 rings (SSSR count). The summed E-state index contributed by atoms with van der Waals surface area (Å²) in [5.74, 6) is -0.223. The van der Waals surface area contributed by atoms with Crippen LogP contribution in [-0.2, 0) is 12.0 Å². The van der Waals surface area contributed by atoms with Gasteiger partial charge in [-0.2, -0.15) is 0 Å². The molecule has 0 aromatic carbocycles. The summed E-state index contributed by atoms with van der Waals surface area (Å²) in [5, 5.41) is 15.7. The number of aryl methyl sites for hydroxylation is 1. The van der Waals surface area contributed by atoms with Crippen molar-refractivity contribution in [2.75, 3.05) is 6.54 Å². The van der Waals surface area contributed by atoms with Crippen molar-refractivity contribution in [3.63, 3.8) is 0 Å². The molecule has 6 heteroatoms. The largest absolute Gasteiger partial charge is 0.383 e. The zero-order valence-electron chi connectivity index (χ0n) is 11.3. The fraction of sp³-hybridized carbons (Fsp3) is 0.333. The highest BCUT2D eigenvalue weighted by Crippen LogP contribution is 2.37. The lowest BCUT2D eigenvalue weighted by atomic mass is 9.83. The van der Waals surface area contributed by atoms with Gasteiger partial charge in [-0.1, -0.05) is 0 Å². The predicted octanol–water partition coefficient (Wildman–Crippen LogP) is 2.86. The molecule has 2 aromatic heterocycles. The quantitative estimate of drug-likeness (QED) is 0.877. The second kappa shape index (κ2) is 5.87. The van der Waals surface area contributed by atoms with Crippen molar-refractivity contribution in [1.29, 1.82) is 0 Å². The Hall–Kier alpha value is -1.24. The van der Waals surface area contributed by atoms with E-state index in [1.54, 1.807) is 23.6 Å². The number of carbonyl (C=O) groups excluding carboxylic acids is 1. The van der Waals surface area contributed by atoms with E-state index in [2.05, 4.69) is 26.2 Å². The van der Waals surface area contributed by atoms with E-state index in [1.165, 1.54) is 11.1 Å². The van der Waals surface area contributed by atoms with E-state index < -0.39 is 5.60 Å². The van der Waals surface area contributed by atoms with Gasteiger partial charge in [-0.05, 0) is 58.3 Å². The number of nitrogens with zero attached hydrogens (tertiary/aromatic N) is 1. The average molecular weight is 367 g/mol. The molecule has 0 bridgehead atoms. The summed E-state index contributed by atoms with van der Waals surface area (Å²) in [5.41, 5.74) is 0.489. The van der Waals surface area contributed by atoms with Gasteiger partial charge in [0.2, 0.25) is 0 Å². The zero-order chi connectivity index (χ0) is 14.9. The summed E-state index contributed by atoms with van der Waals surface area (Å²) in [4.78, 5) is 17.4. The Morgan fingerprint density at radius 2 is 2.38 bits per heavy atom. The van der Waals surface area contributed by atoms with Gasteiger partial charge in [-0.15, -0.1) is 11.3 Å². The van der Waals surface area contributed by atoms with Crippen molar-refractivity contribution in [3.8, 4) is 0 Å². The predicted molar refractivity (Wildman–Crippen MR) is 85.4 cm³/mol. The number of amides is 1. The van der Waals surface area contributed by atoms with Gasteiger partial charge >= 0.3 is 0 Å². The fourth-order valence-electron chi connectivity index (χ4n) is 2.67. The van der Waals surface area contributed by atoms with Crippen molar-refractivity contribution in [3.05, 3.63) is 50.4 Å². The van der Waals surface area contributed by atoms with Crippen LogP contribution in [0.15, 0.2) is 34.4 Å². The molecule has 1 amide bonds. The minimum absolute atomic E-state index is 0.223. The number of pyridine rings is 1. The van der Waals surface area contributed by atoms with Crippen LogP contribution in [0.4, 0.5) is 0 Å². The molecule has 2 heterocycles. The van der Waals surface area contributed by atoms with Gasteiger partial charge in [0.25, 0.3) is 5.91 Å². The standard InChI is InChI=1S/C15H15BrN2O2S/c16-11-6-10(7-17-8-11)14(19)18-9-15(20)4-1-2-13-12(15)3-5-21-13/h3,5-8,20H,1-2,4,9H2,(H,18,19). The lowest BCUT2D eigenvalue weighted by Gasteiger charge is -2.32. The Labute approximate surface area is 135 Å². The van der Waals surface area contributed by atoms with E-state index in [4.69, 9.17) is 0 Å². The zero-order valence-corrected chi connectivity index (χ0v) is 13.7. The van der Waals surface area contributed by atoms with E-state index in [1.807, 2.05) is 11.4 Å². The number of aliphatic hydroxyl groups is 1. The molecule has 2 aromatic rings. The highest BCUT2D eigenvalue weighted by molar-refractivity contribution is 9.10. The second-order valence-corrected chi connectivity index (χ2v) is 7.13. The number of thiophene rings is 1. The molecule has 1 atom stereocenters. The number of carbonyl (C=O) groups is 1. The Morgan fingerprint density at radius 1 is 1.52 bits per heavy atom. The van der Waals surface area contributed by atoms with Crippen molar-refractivity contribution in [2.45, 2.75) is 24.9 Å². The molecular weight excluding hydrogens is 352 g/mol. The summed E-state index contributed by atoms with van der Waals surface area (Å²) in [7, 11) is 0. The third-order valence-corrected chi connectivity index (χ3v) is 5.16. The van der Waals surface area contributed by atoms with E-state index in [0.29, 0.717) is 12.0 Å². The number of nitrogens with one attached hydrogen (secondary N) is 1. The van der Waals surface area contributed by atoms with Gasteiger partial charge in [-0.25, -0.2) is 0 Å². The maximum atomic E-state index is 12.2. The molecule has 0 spiro atoms. The van der Waals surface area contributed by atoms with Gasteiger partial charge in [0, 0.05) is 21.7 Å². The maximum absolute atomic E-state index is 12.2. The Morgan fingerprint density at radius 3 is 3.19 bits per heavy atom. The highest BCUT2D eigenvalue weighted by Gasteiger charge is 2.35. The average Bonchev–Trinajstić information content (AvgIpc) is 2.95. The number of fused-ring (bicyclic) bond motifs is 1. The molecule has 4 nitrogen and oxygen atoms in total. The van der Waals surface area contributed by atoms with Crippen LogP contribution in [0.1, 0.15) is 33.6 Å². The molecule has 1 aliphatic carbocycles. The third kappa shape index (κ3) is 3.02. The first kappa shape index (κ1) is 14.7. The number of rotatable bonds is 3. The van der Waals surface area contributed by atoms with Gasteiger partial charge in [0.1, 0.15) is 5.60 Å². The van der Waals surface area contributed by atoms with Gasteiger partial charge in [-0.3, -0.25) is 9.78 Å². The van der Waals surface area contributed by atoms with Crippen LogP contribution in [0.25, 0.3) is 0 Å². The first-order valence-corrected chi connectivity index (χ1v) is 8.44. The monoisotopic (exact) mass is 366 g/mol. The second-order valence-electron chi connectivity index (χ2n) is 5.22. The van der Waals surface area contributed by atoms with Crippen molar-refractivity contribution in [1.82, 2.24) is 10.3 Å². The number of hydrogen-bond acceptors (Lipinski definition) is 4. The van der Waals surface area contributed by atoms with E-state index in [0.717, 1.165) is 22.9 Å². The Balaban J connectivity index is 1.72. The summed E-state index contributed by atoms with van der Waals surface area (Å²) < 4.78 is 0.756. The highest BCUT2D eigenvalue weighted by atomic mass is 79.9.